The molecule has 0 fully saturated rings. The Morgan fingerprint density at radius 3 is 2.65 bits per heavy atom. The van der Waals surface area contributed by atoms with Crippen LogP contribution in [-0.4, -0.2) is 25.7 Å². The summed E-state index contributed by atoms with van der Waals surface area (Å²) >= 11 is 0. The molecule has 120 valence electrons. The summed E-state index contributed by atoms with van der Waals surface area (Å²) in [5.41, 5.74) is 3.83. The minimum atomic E-state index is -0.0893. The first-order chi connectivity index (χ1) is 11.1. The summed E-state index contributed by atoms with van der Waals surface area (Å²) in [4.78, 5) is 12.1. The number of carbonyl (C=O) groups is 1. The van der Waals surface area contributed by atoms with Gasteiger partial charge in [0.05, 0.1) is 6.54 Å². The van der Waals surface area contributed by atoms with E-state index in [1.165, 1.54) is 0 Å². The minimum absolute atomic E-state index is 0.0893. The summed E-state index contributed by atoms with van der Waals surface area (Å²) < 4.78 is 11.0. The lowest BCUT2D eigenvalue weighted by molar-refractivity contribution is -0.114. The zero-order valence-electron chi connectivity index (χ0n) is 13.3. The number of ether oxygens (including phenoxy) is 2. The summed E-state index contributed by atoms with van der Waals surface area (Å²) in [6.45, 7) is 5.28. The van der Waals surface area contributed by atoms with Crippen molar-refractivity contribution in [3.05, 3.63) is 47.5 Å². The zero-order chi connectivity index (χ0) is 16.2. The van der Waals surface area contributed by atoms with Crippen molar-refractivity contribution in [3.8, 4) is 11.5 Å². The molecule has 0 aliphatic carbocycles. The van der Waals surface area contributed by atoms with Crippen molar-refractivity contribution >= 4 is 17.3 Å². The van der Waals surface area contributed by atoms with Crippen LogP contribution in [0.15, 0.2) is 36.4 Å². The lowest BCUT2D eigenvalue weighted by atomic mass is 10.1. The number of anilines is 2. The predicted molar refractivity (Wildman–Crippen MR) is 90.5 cm³/mol. The molecular formula is C18H20N2O3. The van der Waals surface area contributed by atoms with Crippen LogP contribution in [0.25, 0.3) is 0 Å². The zero-order valence-corrected chi connectivity index (χ0v) is 13.3. The number of nitrogens with one attached hydrogen (secondary N) is 2. The van der Waals surface area contributed by atoms with Gasteiger partial charge in [-0.3, -0.25) is 4.79 Å². The lowest BCUT2D eigenvalue weighted by Crippen LogP contribution is -2.22. The molecule has 0 spiro atoms. The Morgan fingerprint density at radius 1 is 1.04 bits per heavy atom. The van der Waals surface area contributed by atoms with E-state index < -0.39 is 0 Å². The molecule has 0 radical (unpaired) electrons. The number of benzene rings is 2. The van der Waals surface area contributed by atoms with E-state index in [0.29, 0.717) is 19.0 Å². The van der Waals surface area contributed by atoms with Crippen LogP contribution in [0.4, 0.5) is 11.4 Å². The van der Waals surface area contributed by atoms with E-state index in [2.05, 4.69) is 10.6 Å². The highest BCUT2D eigenvalue weighted by atomic mass is 16.6. The van der Waals surface area contributed by atoms with E-state index in [9.17, 15) is 4.79 Å². The van der Waals surface area contributed by atoms with E-state index in [1.807, 2.05) is 50.2 Å². The monoisotopic (exact) mass is 312 g/mol. The van der Waals surface area contributed by atoms with Crippen LogP contribution in [0.3, 0.4) is 0 Å². The van der Waals surface area contributed by atoms with E-state index >= 15 is 0 Å². The SMILES string of the molecule is Cc1ccc(C)c(NC(=O)CNc2ccc3c(c2)OCCO3)c1. The van der Waals surface area contributed by atoms with Crippen molar-refractivity contribution in [3.63, 3.8) is 0 Å². The molecule has 1 aliphatic heterocycles. The molecule has 0 bridgehead atoms. The van der Waals surface area contributed by atoms with Crippen molar-refractivity contribution < 1.29 is 14.3 Å². The molecule has 1 aliphatic rings. The molecule has 2 aromatic rings. The highest BCUT2D eigenvalue weighted by molar-refractivity contribution is 5.94. The predicted octanol–water partition coefficient (Wildman–Crippen LogP) is 3.13. The molecule has 2 N–H and O–H groups in total. The Morgan fingerprint density at radius 2 is 1.83 bits per heavy atom. The first-order valence-electron chi connectivity index (χ1n) is 7.62. The van der Waals surface area contributed by atoms with Crippen molar-refractivity contribution in [1.29, 1.82) is 0 Å². The fourth-order valence-electron chi connectivity index (χ4n) is 2.40. The molecule has 0 atom stereocenters. The van der Waals surface area contributed by atoms with Crippen LogP contribution >= 0.6 is 0 Å². The van der Waals surface area contributed by atoms with Gasteiger partial charge in [0.15, 0.2) is 11.5 Å². The maximum Gasteiger partial charge on any atom is 0.243 e. The Kier molecular flexibility index (Phi) is 4.37. The Labute approximate surface area is 135 Å². The maximum atomic E-state index is 12.1. The fourth-order valence-corrected chi connectivity index (χ4v) is 2.40. The topological polar surface area (TPSA) is 59.6 Å². The standard InChI is InChI=1S/C18H20N2O3/c1-12-3-4-13(2)15(9-12)20-18(21)11-19-14-5-6-16-17(10-14)23-8-7-22-16/h3-6,9-10,19H,7-8,11H2,1-2H3,(H,20,21). The van der Waals surface area contributed by atoms with E-state index in [-0.39, 0.29) is 12.5 Å². The molecule has 0 aromatic heterocycles. The normalized spacial score (nSPS) is 12.6. The molecule has 5 nitrogen and oxygen atoms in total. The fraction of sp³-hybridized carbons (Fsp3) is 0.278. The maximum absolute atomic E-state index is 12.1. The summed E-state index contributed by atoms with van der Waals surface area (Å²) in [6, 6.07) is 11.6. The van der Waals surface area contributed by atoms with Gasteiger partial charge in [-0.05, 0) is 43.2 Å². The van der Waals surface area contributed by atoms with E-state index in [1.54, 1.807) is 0 Å². The van der Waals surface area contributed by atoms with E-state index in [0.717, 1.165) is 28.3 Å². The lowest BCUT2D eigenvalue weighted by Gasteiger charge is -2.19. The number of fused-ring (bicyclic) bond motifs is 1. The highest BCUT2D eigenvalue weighted by Crippen LogP contribution is 2.32. The number of aryl methyl sites for hydroxylation is 2. The van der Waals surface area contributed by atoms with Crippen LogP contribution in [0.1, 0.15) is 11.1 Å². The van der Waals surface area contributed by atoms with Crippen LogP contribution in [0.5, 0.6) is 11.5 Å². The molecule has 1 amide bonds. The van der Waals surface area contributed by atoms with Gasteiger partial charge < -0.3 is 20.1 Å². The van der Waals surface area contributed by atoms with Crippen molar-refractivity contribution in [2.45, 2.75) is 13.8 Å². The number of amides is 1. The largest absolute Gasteiger partial charge is 0.486 e. The van der Waals surface area contributed by atoms with Crippen LogP contribution < -0.4 is 20.1 Å². The third-order valence-electron chi connectivity index (χ3n) is 3.66. The molecule has 1 heterocycles. The molecule has 0 saturated heterocycles. The second-order valence-electron chi connectivity index (χ2n) is 5.58. The summed E-state index contributed by atoms with van der Waals surface area (Å²) in [6.07, 6.45) is 0. The summed E-state index contributed by atoms with van der Waals surface area (Å²) in [7, 11) is 0. The van der Waals surface area contributed by atoms with Gasteiger partial charge in [0.25, 0.3) is 0 Å². The van der Waals surface area contributed by atoms with Crippen LogP contribution in [0.2, 0.25) is 0 Å². The van der Waals surface area contributed by atoms with Gasteiger partial charge >= 0.3 is 0 Å². The Hall–Kier alpha value is -2.69. The second kappa shape index (κ2) is 6.60. The van der Waals surface area contributed by atoms with Crippen LogP contribution in [0, 0.1) is 13.8 Å². The smallest absolute Gasteiger partial charge is 0.243 e. The Bertz CT molecular complexity index is 728. The van der Waals surface area contributed by atoms with Gasteiger partial charge in [-0.2, -0.15) is 0 Å². The van der Waals surface area contributed by atoms with Crippen molar-refractivity contribution in [2.75, 3.05) is 30.4 Å². The third kappa shape index (κ3) is 3.74. The minimum Gasteiger partial charge on any atom is -0.486 e. The average Bonchev–Trinajstić information content (AvgIpc) is 2.56. The third-order valence-corrected chi connectivity index (χ3v) is 3.66. The number of hydrogen-bond acceptors (Lipinski definition) is 4. The molecule has 5 heteroatoms. The molecule has 0 saturated carbocycles. The number of hydrogen-bond donors (Lipinski definition) is 2. The summed E-state index contributed by atoms with van der Waals surface area (Å²) in [5.74, 6) is 1.35. The number of carbonyl (C=O) groups excluding carboxylic acids is 1. The van der Waals surface area contributed by atoms with Gasteiger partial charge in [0.1, 0.15) is 13.2 Å². The van der Waals surface area contributed by atoms with Crippen molar-refractivity contribution in [2.24, 2.45) is 0 Å². The van der Waals surface area contributed by atoms with Gasteiger partial charge in [0, 0.05) is 17.4 Å². The molecule has 23 heavy (non-hydrogen) atoms. The van der Waals surface area contributed by atoms with Gasteiger partial charge in [-0.1, -0.05) is 12.1 Å². The van der Waals surface area contributed by atoms with Gasteiger partial charge in [-0.25, -0.2) is 0 Å². The number of rotatable bonds is 4. The Balaban J connectivity index is 1.59. The summed E-state index contributed by atoms with van der Waals surface area (Å²) in [5, 5.41) is 6.03. The van der Waals surface area contributed by atoms with Crippen LogP contribution in [-0.2, 0) is 4.79 Å². The molecule has 3 rings (SSSR count). The average molecular weight is 312 g/mol. The van der Waals surface area contributed by atoms with Gasteiger partial charge in [-0.15, -0.1) is 0 Å². The quantitative estimate of drug-likeness (QED) is 0.910. The van der Waals surface area contributed by atoms with E-state index in [4.69, 9.17) is 9.47 Å². The molecular weight excluding hydrogens is 292 g/mol. The van der Waals surface area contributed by atoms with Crippen molar-refractivity contribution in [1.82, 2.24) is 0 Å². The highest BCUT2D eigenvalue weighted by Gasteiger charge is 2.12. The molecule has 0 unspecified atom stereocenters. The van der Waals surface area contributed by atoms with Gasteiger partial charge in [0.2, 0.25) is 5.91 Å². The first-order valence-corrected chi connectivity index (χ1v) is 7.62. The molecule has 2 aromatic carbocycles. The first kappa shape index (κ1) is 15.2. The second-order valence-corrected chi connectivity index (χ2v) is 5.58.